The average molecular weight is 178 g/mol. The number of hydrogen-bond donors (Lipinski definition) is 1. The molecule has 13 heavy (non-hydrogen) atoms. The van der Waals surface area contributed by atoms with E-state index in [-0.39, 0.29) is 0 Å². The zero-order chi connectivity index (χ0) is 9.10. The number of aromatic nitrogens is 2. The number of aliphatic hydroxyl groups excluding tert-OH is 1. The van der Waals surface area contributed by atoms with E-state index in [9.17, 15) is 5.11 Å². The molecule has 0 aromatic carbocycles. The standard InChI is InChI=1S/C10H14N2O/c13-10(6-8-2-1-3-8)9-4-5-11-7-12-9/h4-5,7-8,10,13H,1-3,6H2. The minimum absolute atomic E-state index is 0.395. The number of hydrogen-bond acceptors (Lipinski definition) is 3. The van der Waals surface area contributed by atoms with Crippen molar-refractivity contribution >= 4 is 0 Å². The molecule has 0 saturated heterocycles. The van der Waals surface area contributed by atoms with Crippen molar-refractivity contribution in [3.05, 3.63) is 24.3 Å². The van der Waals surface area contributed by atoms with Gasteiger partial charge in [-0.3, -0.25) is 0 Å². The zero-order valence-electron chi connectivity index (χ0n) is 7.56. The third kappa shape index (κ3) is 2.04. The fourth-order valence-electron chi connectivity index (χ4n) is 1.66. The summed E-state index contributed by atoms with van der Waals surface area (Å²) in [5, 5.41) is 9.77. The van der Waals surface area contributed by atoms with Crippen molar-refractivity contribution in [3.8, 4) is 0 Å². The van der Waals surface area contributed by atoms with Crippen molar-refractivity contribution in [1.82, 2.24) is 9.97 Å². The Kier molecular flexibility index (Phi) is 2.54. The predicted octanol–water partition coefficient (Wildman–Crippen LogP) is 1.70. The zero-order valence-corrected chi connectivity index (χ0v) is 7.56. The Morgan fingerprint density at radius 1 is 1.54 bits per heavy atom. The molecule has 0 amide bonds. The Hall–Kier alpha value is -0.960. The first-order valence-electron chi connectivity index (χ1n) is 4.80. The fraction of sp³-hybridized carbons (Fsp3) is 0.600. The van der Waals surface area contributed by atoms with Crippen LogP contribution in [0.4, 0.5) is 0 Å². The maximum absolute atomic E-state index is 9.77. The van der Waals surface area contributed by atoms with E-state index in [2.05, 4.69) is 9.97 Å². The summed E-state index contributed by atoms with van der Waals surface area (Å²) in [6, 6.07) is 1.78. The molecule has 0 aliphatic heterocycles. The molecule has 3 nitrogen and oxygen atoms in total. The molecule has 0 radical (unpaired) electrons. The minimum atomic E-state index is -0.395. The molecule has 1 N–H and O–H groups in total. The second kappa shape index (κ2) is 3.83. The van der Waals surface area contributed by atoms with E-state index in [1.165, 1.54) is 25.6 Å². The predicted molar refractivity (Wildman–Crippen MR) is 48.9 cm³/mol. The molecule has 1 aromatic rings. The smallest absolute Gasteiger partial charge is 0.115 e. The van der Waals surface area contributed by atoms with E-state index in [1.807, 2.05) is 0 Å². The van der Waals surface area contributed by atoms with Gasteiger partial charge in [0.15, 0.2) is 0 Å². The van der Waals surface area contributed by atoms with Crippen LogP contribution in [0.2, 0.25) is 0 Å². The first kappa shape index (κ1) is 8.63. The highest BCUT2D eigenvalue weighted by Crippen LogP contribution is 2.33. The van der Waals surface area contributed by atoms with E-state index < -0.39 is 6.10 Å². The summed E-state index contributed by atoms with van der Waals surface area (Å²) in [5.41, 5.74) is 0.752. The quantitative estimate of drug-likeness (QED) is 0.766. The molecule has 1 aliphatic rings. The van der Waals surface area contributed by atoms with Crippen LogP contribution in [0.25, 0.3) is 0 Å². The van der Waals surface area contributed by atoms with Crippen molar-refractivity contribution < 1.29 is 5.11 Å². The third-order valence-corrected chi connectivity index (χ3v) is 2.73. The van der Waals surface area contributed by atoms with Crippen LogP contribution in [0.5, 0.6) is 0 Å². The van der Waals surface area contributed by atoms with Crippen LogP contribution < -0.4 is 0 Å². The molecule has 0 spiro atoms. The number of nitrogens with zero attached hydrogens (tertiary/aromatic N) is 2. The molecule has 70 valence electrons. The summed E-state index contributed by atoms with van der Waals surface area (Å²) in [5.74, 6) is 0.713. The third-order valence-electron chi connectivity index (χ3n) is 2.73. The lowest BCUT2D eigenvalue weighted by Gasteiger charge is -2.27. The highest BCUT2D eigenvalue weighted by atomic mass is 16.3. The second-order valence-electron chi connectivity index (χ2n) is 3.68. The van der Waals surface area contributed by atoms with Gasteiger partial charge in [-0.05, 0) is 18.4 Å². The van der Waals surface area contributed by atoms with Crippen LogP contribution in [0.15, 0.2) is 18.6 Å². The Morgan fingerprint density at radius 3 is 2.92 bits per heavy atom. The van der Waals surface area contributed by atoms with Crippen molar-refractivity contribution in [2.45, 2.75) is 31.8 Å². The summed E-state index contributed by atoms with van der Waals surface area (Å²) < 4.78 is 0. The van der Waals surface area contributed by atoms with Gasteiger partial charge in [0.1, 0.15) is 6.33 Å². The summed E-state index contributed by atoms with van der Waals surface area (Å²) >= 11 is 0. The van der Waals surface area contributed by atoms with Gasteiger partial charge in [-0.1, -0.05) is 19.3 Å². The average Bonchev–Trinajstić information content (AvgIpc) is 2.12. The first-order chi connectivity index (χ1) is 6.36. The lowest BCUT2D eigenvalue weighted by molar-refractivity contribution is 0.115. The van der Waals surface area contributed by atoms with Gasteiger partial charge in [0.05, 0.1) is 11.8 Å². The largest absolute Gasteiger partial charge is 0.387 e. The molecule has 0 bridgehead atoms. The molecule has 1 heterocycles. The molecular weight excluding hydrogens is 164 g/mol. The van der Waals surface area contributed by atoms with Gasteiger partial charge >= 0.3 is 0 Å². The van der Waals surface area contributed by atoms with Gasteiger partial charge in [-0.2, -0.15) is 0 Å². The van der Waals surface area contributed by atoms with E-state index in [0.29, 0.717) is 5.92 Å². The number of rotatable bonds is 3. The van der Waals surface area contributed by atoms with Crippen LogP contribution in [-0.2, 0) is 0 Å². The Bertz CT molecular complexity index is 259. The number of aliphatic hydroxyl groups is 1. The van der Waals surface area contributed by atoms with Gasteiger partial charge in [-0.25, -0.2) is 9.97 Å². The maximum atomic E-state index is 9.77. The highest BCUT2D eigenvalue weighted by molar-refractivity contribution is 5.02. The van der Waals surface area contributed by atoms with Crippen LogP contribution >= 0.6 is 0 Å². The van der Waals surface area contributed by atoms with Crippen molar-refractivity contribution in [2.24, 2.45) is 5.92 Å². The normalized spacial score (nSPS) is 19.5. The van der Waals surface area contributed by atoms with Gasteiger partial charge in [-0.15, -0.1) is 0 Å². The minimum Gasteiger partial charge on any atom is -0.387 e. The molecule has 2 rings (SSSR count). The summed E-state index contributed by atoms with van der Waals surface area (Å²) in [7, 11) is 0. The van der Waals surface area contributed by atoms with E-state index in [4.69, 9.17) is 0 Å². The van der Waals surface area contributed by atoms with Crippen LogP contribution in [0, 0.1) is 5.92 Å². The molecule has 1 atom stereocenters. The van der Waals surface area contributed by atoms with Crippen LogP contribution in [0.3, 0.4) is 0 Å². The Morgan fingerprint density at radius 2 is 2.38 bits per heavy atom. The molecule has 1 aliphatic carbocycles. The molecular formula is C10H14N2O. The Balaban J connectivity index is 1.92. The topological polar surface area (TPSA) is 46.0 Å². The summed E-state index contributed by atoms with van der Waals surface area (Å²) in [6.07, 6.45) is 7.47. The SMILES string of the molecule is OC(CC1CCC1)c1ccncn1. The molecule has 1 aromatic heterocycles. The lowest BCUT2D eigenvalue weighted by Crippen LogP contribution is -2.15. The fourth-order valence-corrected chi connectivity index (χ4v) is 1.66. The van der Waals surface area contributed by atoms with E-state index in [1.54, 1.807) is 12.3 Å². The molecule has 1 unspecified atom stereocenters. The molecule has 1 fully saturated rings. The molecule has 1 saturated carbocycles. The van der Waals surface area contributed by atoms with Gasteiger partial charge in [0, 0.05) is 6.20 Å². The van der Waals surface area contributed by atoms with Crippen LogP contribution in [0.1, 0.15) is 37.5 Å². The maximum Gasteiger partial charge on any atom is 0.115 e. The van der Waals surface area contributed by atoms with E-state index in [0.717, 1.165) is 12.1 Å². The lowest BCUT2D eigenvalue weighted by atomic mass is 9.81. The summed E-state index contributed by atoms with van der Waals surface area (Å²) in [4.78, 5) is 7.85. The van der Waals surface area contributed by atoms with Crippen molar-refractivity contribution in [3.63, 3.8) is 0 Å². The Labute approximate surface area is 77.8 Å². The van der Waals surface area contributed by atoms with Crippen molar-refractivity contribution in [1.29, 1.82) is 0 Å². The van der Waals surface area contributed by atoms with Gasteiger partial charge in [0.2, 0.25) is 0 Å². The van der Waals surface area contributed by atoms with Crippen molar-refractivity contribution in [2.75, 3.05) is 0 Å². The molecule has 3 heteroatoms. The van der Waals surface area contributed by atoms with Crippen LogP contribution in [-0.4, -0.2) is 15.1 Å². The summed E-state index contributed by atoms with van der Waals surface area (Å²) in [6.45, 7) is 0. The highest BCUT2D eigenvalue weighted by Gasteiger charge is 2.22. The van der Waals surface area contributed by atoms with E-state index >= 15 is 0 Å². The first-order valence-corrected chi connectivity index (χ1v) is 4.80. The van der Waals surface area contributed by atoms with Gasteiger partial charge in [0.25, 0.3) is 0 Å². The van der Waals surface area contributed by atoms with Gasteiger partial charge < -0.3 is 5.11 Å². The second-order valence-corrected chi connectivity index (χ2v) is 3.68. The monoisotopic (exact) mass is 178 g/mol.